The molecule has 0 fully saturated rings. The van der Waals surface area contributed by atoms with Crippen molar-refractivity contribution >= 4 is 28.6 Å². The van der Waals surface area contributed by atoms with E-state index in [9.17, 15) is 4.79 Å². The number of nitrogens with one attached hydrogen (secondary N) is 1. The Hall–Kier alpha value is -1.24. The zero-order valence-electron chi connectivity index (χ0n) is 13.0. The fraction of sp³-hybridized carbons (Fsp3) is 0.500. The van der Waals surface area contributed by atoms with E-state index in [1.54, 1.807) is 22.7 Å². The van der Waals surface area contributed by atoms with Crippen LogP contribution in [0.4, 0.5) is 0 Å². The van der Waals surface area contributed by atoms with Gasteiger partial charge in [0.25, 0.3) is 0 Å². The van der Waals surface area contributed by atoms with Crippen molar-refractivity contribution in [1.29, 1.82) is 0 Å². The molecule has 2 heterocycles. The topological polar surface area (TPSA) is 51.2 Å². The van der Waals surface area contributed by atoms with Crippen molar-refractivity contribution in [3.63, 3.8) is 0 Å². The van der Waals surface area contributed by atoms with Crippen molar-refractivity contribution in [1.82, 2.24) is 10.3 Å². The van der Waals surface area contributed by atoms with E-state index in [4.69, 9.17) is 4.74 Å². The van der Waals surface area contributed by atoms with Crippen LogP contribution < -0.4 is 5.32 Å². The molecule has 0 unspecified atom stereocenters. The van der Waals surface area contributed by atoms with Crippen LogP contribution in [-0.2, 0) is 16.0 Å². The first-order valence-corrected chi connectivity index (χ1v) is 9.24. The maximum atomic E-state index is 11.9. The molecule has 0 radical (unpaired) electrons. The van der Waals surface area contributed by atoms with Crippen molar-refractivity contribution in [2.75, 3.05) is 19.8 Å². The molecule has 0 aliphatic carbocycles. The van der Waals surface area contributed by atoms with E-state index in [0.29, 0.717) is 25.5 Å². The third kappa shape index (κ3) is 5.87. The second-order valence-electron chi connectivity index (χ2n) is 5.47. The number of hydrogen-bond donors (Lipinski definition) is 1. The van der Waals surface area contributed by atoms with E-state index in [0.717, 1.165) is 28.6 Å². The zero-order valence-corrected chi connectivity index (χ0v) is 14.6. The molecule has 0 aromatic carbocycles. The fourth-order valence-corrected chi connectivity index (χ4v) is 3.48. The van der Waals surface area contributed by atoms with Crippen LogP contribution in [0.25, 0.3) is 9.88 Å². The summed E-state index contributed by atoms with van der Waals surface area (Å²) in [7, 11) is 0. The number of amides is 1. The second-order valence-corrected chi connectivity index (χ2v) is 7.28. The van der Waals surface area contributed by atoms with Crippen LogP contribution >= 0.6 is 22.7 Å². The lowest BCUT2D eigenvalue weighted by Crippen LogP contribution is -2.27. The van der Waals surface area contributed by atoms with Crippen LogP contribution in [-0.4, -0.2) is 30.6 Å². The van der Waals surface area contributed by atoms with Crippen LogP contribution in [0.3, 0.4) is 0 Å². The summed E-state index contributed by atoms with van der Waals surface area (Å²) in [6.07, 6.45) is 1.19. The molecule has 4 nitrogen and oxygen atoms in total. The summed E-state index contributed by atoms with van der Waals surface area (Å²) in [6.45, 7) is 6.37. The molecule has 120 valence electrons. The minimum atomic E-state index is 0.0203. The summed E-state index contributed by atoms with van der Waals surface area (Å²) < 4.78 is 5.48. The van der Waals surface area contributed by atoms with Gasteiger partial charge in [-0.2, -0.15) is 0 Å². The molecular formula is C16H22N2O2S2. The van der Waals surface area contributed by atoms with Gasteiger partial charge in [0.2, 0.25) is 5.91 Å². The number of ether oxygens (including phenoxy) is 1. The Balaban J connectivity index is 1.65. The smallest absolute Gasteiger partial charge is 0.226 e. The number of carbonyl (C=O) groups excluding carboxylic acids is 1. The van der Waals surface area contributed by atoms with Gasteiger partial charge in [0.15, 0.2) is 0 Å². The molecule has 2 aromatic rings. The van der Waals surface area contributed by atoms with E-state index in [2.05, 4.69) is 24.1 Å². The van der Waals surface area contributed by atoms with Gasteiger partial charge in [-0.05, 0) is 23.8 Å². The van der Waals surface area contributed by atoms with Gasteiger partial charge in [0.1, 0.15) is 5.01 Å². The molecule has 0 saturated carbocycles. The van der Waals surface area contributed by atoms with Crippen LogP contribution in [0.1, 0.15) is 26.0 Å². The normalized spacial score (nSPS) is 11.0. The molecule has 1 amide bonds. The number of nitrogens with zero attached hydrogens (tertiary/aromatic N) is 1. The van der Waals surface area contributed by atoms with Gasteiger partial charge in [-0.25, -0.2) is 4.98 Å². The first-order valence-electron chi connectivity index (χ1n) is 7.48. The van der Waals surface area contributed by atoms with Gasteiger partial charge in [0, 0.05) is 25.1 Å². The zero-order chi connectivity index (χ0) is 15.8. The van der Waals surface area contributed by atoms with Gasteiger partial charge in [-0.3, -0.25) is 4.79 Å². The molecule has 1 N–H and O–H groups in total. The molecule has 22 heavy (non-hydrogen) atoms. The van der Waals surface area contributed by atoms with Crippen molar-refractivity contribution in [2.45, 2.75) is 26.7 Å². The summed E-state index contributed by atoms with van der Waals surface area (Å²) in [4.78, 5) is 17.5. The minimum absolute atomic E-state index is 0.0203. The average Bonchev–Trinajstić information content (AvgIpc) is 3.12. The molecule has 2 aromatic heterocycles. The third-order valence-electron chi connectivity index (χ3n) is 2.86. The van der Waals surface area contributed by atoms with Crippen LogP contribution in [0.5, 0.6) is 0 Å². The molecule has 0 aliphatic heterocycles. The Morgan fingerprint density at radius 1 is 1.41 bits per heavy atom. The van der Waals surface area contributed by atoms with Gasteiger partial charge < -0.3 is 10.1 Å². The highest BCUT2D eigenvalue weighted by Gasteiger charge is 2.09. The number of thiazole rings is 1. The molecular weight excluding hydrogens is 316 g/mol. The second kappa shape index (κ2) is 9.02. The quantitative estimate of drug-likeness (QED) is 0.711. The van der Waals surface area contributed by atoms with E-state index >= 15 is 0 Å². The average molecular weight is 338 g/mol. The number of thiophene rings is 1. The van der Waals surface area contributed by atoms with Gasteiger partial charge in [-0.1, -0.05) is 19.9 Å². The molecule has 0 spiro atoms. The number of rotatable bonds is 9. The Kier molecular flexibility index (Phi) is 7.02. The SMILES string of the molecule is CC(C)COCCCNC(=O)Cc1csc(-c2cccs2)n1. The minimum Gasteiger partial charge on any atom is -0.381 e. The molecule has 0 atom stereocenters. The summed E-state index contributed by atoms with van der Waals surface area (Å²) in [5, 5.41) is 7.89. The van der Waals surface area contributed by atoms with Crippen molar-refractivity contribution in [3.05, 3.63) is 28.6 Å². The number of aromatic nitrogens is 1. The Morgan fingerprint density at radius 3 is 3.00 bits per heavy atom. The van der Waals surface area contributed by atoms with E-state index in [1.165, 1.54) is 0 Å². The van der Waals surface area contributed by atoms with Crippen LogP contribution in [0.15, 0.2) is 22.9 Å². The van der Waals surface area contributed by atoms with E-state index in [1.807, 2.05) is 22.9 Å². The van der Waals surface area contributed by atoms with Crippen molar-refractivity contribution in [3.8, 4) is 9.88 Å². The molecule has 0 saturated heterocycles. The lowest BCUT2D eigenvalue weighted by atomic mass is 10.2. The van der Waals surface area contributed by atoms with Crippen LogP contribution in [0.2, 0.25) is 0 Å². The number of hydrogen-bond acceptors (Lipinski definition) is 5. The highest BCUT2D eigenvalue weighted by Crippen LogP contribution is 2.27. The summed E-state index contributed by atoms with van der Waals surface area (Å²) >= 11 is 3.25. The largest absolute Gasteiger partial charge is 0.381 e. The van der Waals surface area contributed by atoms with E-state index in [-0.39, 0.29) is 5.91 Å². The van der Waals surface area contributed by atoms with Gasteiger partial charge in [-0.15, -0.1) is 22.7 Å². The fourth-order valence-electron chi connectivity index (χ4n) is 1.85. The Labute approximate surface area is 139 Å². The molecule has 0 aliphatic rings. The Bertz CT molecular complexity index is 564. The summed E-state index contributed by atoms with van der Waals surface area (Å²) in [6, 6.07) is 4.06. The highest BCUT2D eigenvalue weighted by molar-refractivity contribution is 7.20. The molecule has 0 bridgehead atoms. The third-order valence-corrected chi connectivity index (χ3v) is 4.79. The van der Waals surface area contributed by atoms with Gasteiger partial charge in [0.05, 0.1) is 17.0 Å². The summed E-state index contributed by atoms with van der Waals surface area (Å²) in [5.41, 5.74) is 0.835. The van der Waals surface area contributed by atoms with Crippen LogP contribution in [0, 0.1) is 5.92 Å². The standard InChI is InChI=1S/C16H22N2O2S2/c1-12(2)10-20-7-4-6-17-15(19)9-13-11-22-16(18-13)14-5-3-8-21-14/h3,5,8,11-12H,4,6-7,9-10H2,1-2H3,(H,17,19). The summed E-state index contributed by atoms with van der Waals surface area (Å²) in [5.74, 6) is 0.573. The highest BCUT2D eigenvalue weighted by atomic mass is 32.1. The van der Waals surface area contributed by atoms with Gasteiger partial charge >= 0.3 is 0 Å². The van der Waals surface area contributed by atoms with Crippen molar-refractivity contribution < 1.29 is 9.53 Å². The number of carbonyl (C=O) groups is 1. The first kappa shape index (κ1) is 17.1. The first-order chi connectivity index (χ1) is 10.6. The molecule has 6 heteroatoms. The van der Waals surface area contributed by atoms with E-state index < -0.39 is 0 Å². The maximum absolute atomic E-state index is 11.9. The Morgan fingerprint density at radius 2 is 2.27 bits per heavy atom. The predicted octanol–water partition coefficient (Wildman–Crippen LogP) is 3.59. The monoisotopic (exact) mass is 338 g/mol. The maximum Gasteiger partial charge on any atom is 0.226 e. The lowest BCUT2D eigenvalue weighted by molar-refractivity contribution is -0.120. The molecule has 2 rings (SSSR count). The lowest BCUT2D eigenvalue weighted by Gasteiger charge is -2.07. The predicted molar refractivity (Wildman–Crippen MR) is 92.4 cm³/mol. The van der Waals surface area contributed by atoms with Crippen molar-refractivity contribution in [2.24, 2.45) is 5.92 Å².